The summed E-state index contributed by atoms with van der Waals surface area (Å²) in [4.78, 5) is 0. The third-order valence-electron chi connectivity index (χ3n) is 3.80. The third kappa shape index (κ3) is 5.33. The van der Waals surface area contributed by atoms with Crippen LogP contribution in [0.25, 0.3) is 0 Å². The van der Waals surface area contributed by atoms with Crippen LogP contribution in [-0.2, 0) is 0 Å². The molecular formula is C13H28. The predicted molar refractivity (Wildman–Crippen MR) is 61.9 cm³/mol. The van der Waals surface area contributed by atoms with Crippen LogP contribution in [0.4, 0.5) is 0 Å². The highest BCUT2D eigenvalue weighted by atomic mass is 14.2. The number of hydrogen-bond donors (Lipinski definition) is 0. The van der Waals surface area contributed by atoms with E-state index in [1.807, 2.05) is 0 Å². The van der Waals surface area contributed by atoms with Crippen LogP contribution in [0, 0.1) is 17.8 Å². The van der Waals surface area contributed by atoms with Crippen LogP contribution >= 0.6 is 0 Å². The summed E-state index contributed by atoms with van der Waals surface area (Å²) in [5, 5.41) is 0. The Morgan fingerprint density at radius 3 is 1.62 bits per heavy atom. The molecule has 13 heavy (non-hydrogen) atoms. The summed E-state index contributed by atoms with van der Waals surface area (Å²) in [6.07, 6.45) is 6.94. The van der Waals surface area contributed by atoms with E-state index in [2.05, 4.69) is 34.6 Å². The lowest BCUT2D eigenvalue weighted by Crippen LogP contribution is -2.09. The van der Waals surface area contributed by atoms with E-state index in [9.17, 15) is 0 Å². The monoisotopic (exact) mass is 184 g/mol. The van der Waals surface area contributed by atoms with Gasteiger partial charge in [-0.15, -0.1) is 0 Å². The predicted octanol–water partition coefficient (Wildman–Crippen LogP) is 4.89. The molecule has 0 saturated heterocycles. The highest BCUT2D eigenvalue weighted by Gasteiger charge is 2.12. The molecule has 0 heterocycles. The summed E-state index contributed by atoms with van der Waals surface area (Å²) < 4.78 is 0. The summed E-state index contributed by atoms with van der Waals surface area (Å²) in [6.45, 7) is 11.7. The second-order valence-corrected chi connectivity index (χ2v) is 4.62. The summed E-state index contributed by atoms with van der Waals surface area (Å²) >= 11 is 0. The maximum Gasteiger partial charge on any atom is -0.0417 e. The molecule has 0 aromatic carbocycles. The van der Waals surface area contributed by atoms with E-state index in [-0.39, 0.29) is 0 Å². The molecule has 0 nitrogen and oxygen atoms in total. The van der Waals surface area contributed by atoms with Crippen LogP contribution in [0.5, 0.6) is 0 Å². The molecule has 80 valence electrons. The zero-order valence-corrected chi connectivity index (χ0v) is 10.3. The van der Waals surface area contributed by atoms with E-state index in [0.717, 1.165) is 17.8 Å². The molecule has 0 rings (SSSR count). The summed E-state index contributed by atoms with van der Waals surface area (Å²) in [5.41, 5.74) is 0. The molecule has 0 aliphatic rings. The molecule has 0 fully saturated rings. The van der Waals surface area contributed by atoms with Crippen LogP contribution in [0.1, 0.15) is 66.7 Å². The minimum absolute atomic E-state index is 0.911. The van der Waals surface area contributed by atoms with Gasteiger partial charge in [-0.2, -0.15) is 0 Å². The number of hydrogen-bond acceptors (Lipinski definition) is 0. The van der Waals surface area contributed by atoms with Crippen LogP contribution in [0.3, 0.4) is 0 Å². The Labute approximate surface area is 85.1 Å². The van der Waals surface area contributed by atoms with Gasteiger partial charge in [0.2, 0.25) is 0 Å². The summed E-state index contributed by atoms with van der Waals surface area (Å²) in [7, 11) is 0. The van der Waals surface area contributed by atoms with Crippen molar-refractivity contribution in [2.75, 3.05) is 0 Å². The van der Waals surface area contributed by atoms with Gasteiger partial charge in [0.1, 0.15) is 0 Å². The summed E-state index contributed by atoms with van der Waals surface area (Å²) in [5.74, 6) is 2.81. The zero-order valence-electron chi connectivity index (χ0n) is 10.3. The molecule has 0 aromatic heterocycles. The largest absolute Gasteiger partial charge is 0.0651 e. The molecule has 0 radical (unpaired) electrons. The first-order valence-corrected chi connectivity index (χ1v) is 6.15. The SMILES string of the molecule is CCC(CC)CCC(C)C(C)CC. The minimum Gasteiger partial charge on any atom is -0.0651 e. The van der Waals surface area contributed by atoms with Crippen LogP contribution < -0.4 is 0 Å². The fraction of sp³-hybridized carbons (Fsp3) is 1.00. The van der Waals surface area contributed by atoms with Gasteiger partial charge in [-0.1, -0.05) is 66.7 Å². The Morgan fingerprint density at radius 2 is 1.23 bits per heavy atom. The van der Waals surface area contributed by atoms with Gasteiger partial charge in [0.05, 0.1) is 0 Å². The molecule has 0 N–H and O–H groups in total. The first kappa shape index (κ1) is 13.0. The standard InChI is InChI=1S/C13H28/c1-6-11(4)12(5)9-10-13(7-2)8-3/h11-13H,6-10H2,1-5H3. The van der Waals surface area contributed by atoms with Gasteiger partial charge >= 0.3 is 0 Å². The van der Waals surface area contributed by atoms with Crippen LogP contribution in [-0.4, -0.2) is 0 Å². The molecule has 0 spiro atoms. The molecule has 0 bridgehead atoms. The normalized spacial score (nSPS) is 16.2. The Kier molecular flexibility index (Phi) is 7.41. The second-order valence-electron chi connectivity index (χ2n) is 4.62. The topological polar surface area (TPSA) is 0 Å². The van der Waals surface area contributed by atoms with Crippen molar-refractivity contribution in [3.8, 4) is 0 Å². The van der Waals surface area contributed by atoms with Gasteiger partial charge < -0.3 is 0 Å². The van der Waals surface area contributed by atoms with Crippen molar-refractivity contribution >= 4 is 0 Å². The Balaban J connectivity index is 3.61. The molecule has 2 unspecified atom stereocenters. The lowest BCUT2D eigenvalue weighted by molar-refractivity contribution is 0.311. The number of rotatable bonds is 7. The fourth-order valence-corrected chi connectivity index (χ4v) is 1.88. The summed E-state index contributed by atoms with van der Waals surface area (Å²) in [6, 6.07) is 0. The average Bonchev–Trinajstić information content (AvgIpc) is 2.17. The lowest BCUT2D eigenvalue weighted by Gasteiger charge is -2.20. The van der Waals surface area contributed by atoms with Gasteiger partial charge in [-0.05, 0) is 17.8 Å². The lowest BCUT2D eigenvalue weighted by atomic mass is 9.86. The molecule has 0 amide bonds. The highest BCUT2D eigenvalue weighted by Crippen LogP contribution is 2.24. The van der Waals surface area contributed by atoms with Crippen molar-refractivity contribution in [1.29, 1.82) is 0 Å². The molecule has 2 atom stereocenters. The maximum atomic E-state index is 2.41. The van der Waals surface area contributed by atoms with E-state index in [1.54, 1.807) is 0 Å². The first-order chi connectivity index (χ1) is 6.15. The Bertz CT molecular complexity index is 103. The highest BCUT2D eigenvalue weighted by molar-refractivity contribution is 4.63. The molecule has 0 heteroatoms. The first-order valence-electron chi connectivity index (χ1n) is 6.15. The van der Waals surface area contributed by atoms with Crippen molar-refractivity contribution < 1.29 is 0 Å². The van der Waals surface area contributed by atoms with E-state index in [1.165, 1.54) is 32.1 Å². The van der Waals surface area contributed by atoms with Gasteiger partial charge in [0.25, 0.3) is 0 Å². The van der Waals surface area contributed by atoms with Crippen molar-refractivity contribution in [2.24, 2.45) is 17.8 Å². The molecule has 0 saturated carbocycles. The van der Waals surface area contributed by atoms with Crippen LogP contribution in [0.2, 0.25) is 0 Å². The molecule has 0 aliphatic carbocycles. The van der Waals surface area contributed by atoms with Gasteiger partial charge in [-0.25, -0.2) is 0 Å². The molecule has 0 aromatic rings. The maximum absolute atomic E-state index is 2.41. The van der Waals surface area contributed by atoms with Gasteiger partial charge in [-0.3, -0.25) is 0 Å². The van der Waals surface area contributed by atoms with E-state index < -0.39 is 0 Å². The second kappa shape index (κ2) is 7.41. The van der Waals surface area contributed by atoms with Gasteiger partial charge in [0.15, 0.2) is 0 Å². The van der Waals surface area contributed by atoms with E-state index >= 15 is 0 Å². The van der Waals surface area contributed by atoms with Crippen LogP contribution in [0.15, 0.2) is 0 Å². The van der Waals surface area contributed by atoms with E-state index in [0.29, 0.717) is 0 Å². The van der Waals surface area contributed by atoms with Crippen molar-refractivity contribution in [2.45, 2.75) is 66.7 Å². The van der Waals surface area contributed by atoms with Crippen molar-refractivity contribution in [3.05, 3.63) is 0 Å². The quantitative estimate of drug-likeness (QED) is 0.528. The van der Waals surface area contributed by atoms with E-state index in [4.69, 9.17) is 0 Å². The Hall–Kier alpha value is 0. The molecular weight excluding hydrogens is 156 g/mol. The average molecular weight is 184 g/mol. The van der Waals surface area contributed by atoms with Crippen molar-refractivity contribution in [1.82, 2.24) is 0 Å². The van der Waals surface area contributed by atoms with Crippen molar-refractivity contribution in [3.63, 3.8) is 0 Å². The Morgan fingerprint density at radius 1 is 0.692 bits per heavy atom. The fourth-order valence-electron chi connectivity index (χ4n) is 1.88. The minimum atomic E-state index is 0.911. The molecule has 0 aliphatic heterocycles. The smallest absolute Gasteiger partial charge is 0.0417 e. The van der Waals surface area contributed by atoms with Gasteiger partial charge in [0, 0.05) is 0 Å². The third-order valence-corrected chi connectivity index (χ3v) is 3.80. The zero-order chi connectivity index (χ0) is 10.3.